The van der Waals surface area contributed by atoms with Crippen LogP contribution in [0.2, 0.25) is 0 Å². The van der Waals surface area contributed by atoms with Crippen molar-refractivity contribution < 1.29 is 9.53 Å². The Morgan fingerprint density at radius 3 is 2.95 bits per heavy atom. The van der Waals surface area contributed by atoms with Crippen molar-refractivity contribution in [2.75, 3.05) is 13.2 Å². The zero-order chi connectivity index (χ0) is 13.7. The average molecular weight is 262 g/mol. The highest BCUT2D eigenvalue weighted by atomic mass is 16.5. The molecule has 0 bridgehead atoms. The van der Waals surface area contributed by atoms with Crippen LogP contribution < -0.4 is 15.4 Å². The molecule has 0 radical (unpaired) electrons. The number of carbonyl (C=O) groups excluding carboxylic acids is 1. The van der Waals surface area contributed by atoms with Gasteiger partial charge in [-0.15, -0.1) is 0 Å². The van der Waals surface area contributed by atoms with Crippen molar-refractivity contribution in [3.63, 3.8) is 0 Å². The van der Waals surface area contributed by atoms with Gasteiger partial charge in [0.05, 0.1) is 6.54 Å². The Labute approximate surface area is 114 Å². The van der Waals surface area contributed by atoms with E-state index in [9.17, 15) is 4.79 Å². The Morgan fingerprint density at radius 2 is 2.26 bits per heavy atom. The molecule has 4 nitrogen and oxygen atoms in total. The Kier molecular flexibility index (Phi) is 4.66. The maximum absolute atomic E-state index is 11.6. The third-order valence-electron chi connectivity index (χ3n) is 3.33. The minimum absolute atomic E-state index is 0.104. The van der Waals surface area contributed by atoms with Crippen LogP contribution in [0.3, 0.4) is 0 Å². The van der Waals surface area contributed by atoms with Gasteiger partial charge in [0.1, 0.15) is 12.4 Å². The Balaban J connectivity index is 1.59. The number of benzene rings is 1. The van der Waals surface area contributed by atoms with Crippen molar-refractivity contribution in [2.24, 2.45) is 5.92 Å². The largest absolute Gasteiger partial charge is 0.492 e. The van der Waals surface area contributed by atoms with Crippen LogP contribution in [0.5, 0.6) is 5.75 Å². The monoisotopic (exact) mass is 262 g/mol. The number of hydrogen-bond donors (Lipinski definition) is 2. The van der Waals surface area contributed by atoms with Crippen LogP contribution in [0.15, 0.2) is 24.3 Å². The van der Waals surface area contributed by atoms with Gasteiger partial charge >= 0.3 is 6.03 Å². The van der Waals surface area contributed by atoms with E-state index in [0.717, 1.165) is 5.75 Å². The zero-order valence-electron chi connectivity index (χ0n) is 11.6. The number of rotatable bonds is 6. The molecule has 1 aliphatic rings. The number of carbonyl (C=O) groups is 1. The molecule has 0 saturated heterocycles. The van der Waals surface area contributed by atoms with Crippen LogP contribution >= 0.6 is 0 Å². The molecule has 2 N–H and O–H groups in total. The topological polar surface area (TPSA) is 50.4 Å². The summed E-state index contributed by atoms with van der Waals surface area (Å²) in [5.74, 6) is 1.52. The summed E-state index contributed by atoms with van der Waals surface area (Å²) in [6, 6.07) is 8.06. The molecule has 104 valence electrons. The maximum Gasteiger partial charge on any atom is 0.315 e. The summed E-state index contributed by atoms with van der Waals surface area (Å²) in [6.07, 6.45) is 2.47. The first-order chi connectivity index (χ1) is 9.15. The summed E-state index contributed by atoms with van der Waals surface area (Å²) in [7, 11) is 0. The van der Waals surface area contributed by atoms with Gasteiger partial charge in [-0.1, -0.05) is 12.1 Å². The molecule has 0 aliphatic heterocycles. The van der Waals surface area contributed by atoms with Gasteiger partial charge in [-0.2, -0.15) is 0 Å². The minimum Gasteiger partial charge on any atom is -0.492 e. The van der Waals surface area contributed by atoms with E-state index in [2.05, 4.69) is 17.6 Å². The highest BCUT2D eigenvalue weighted by Gasteiger charge is 2.28. The van der Waals surface area contributed by atoms with E-state index < -0.39 is 0 Å². The molecule has 0 spiro atoms. The number of ether oxygens (including phenoxy) is 1. The second-order valence-electron chi connectivity index (χ2n) is 5.19. The Morgan fingerprint density at radius 1 is 1.47 bits per heavy atom. The van der Waals surface area contributed by atoms with Gasteiger partial charge in [-0.25, -0.2) is 4.79 Å². The standard InChI is InChI=1S/C15H22N2O2/c1-11-4-3-5-14(10-11)19-9-8-16-15(18)17-12(2)13-6-7-13/h3-5,10,12-13H,6-9H2,1-2H3,(H2,16,17,18). The van der Waals surface area contributed by atoms with Crippen molar-refractivity contribution >= 4 is 6.03 Å². The lowest BCUT2D eigenvalue weighted by molar-refractivity contribution is 0.232. The van der Waals surface area contributed by atoms with E-state index >= 15 is 0 Å². The normalized spacial score (nSPS) is 15.7. The smallest absolute Gasteiger partial charge is 0.315 e. The lowest BCUT2D eigenvalue weighted by atomic mass is 10.2. The van der Waals surface area contributed by atoms with Gasteiger partial charge < -0.3 is 15.4 Å². The summed E-state index contributed by atoms with van der Waals surface area (Å²) in [5.41, 5.74) is 1.17. The van der Waals surface area contributed by atoms with E-state index in [4.69, 9.17) is 4.74 Å². The molecule has 1 fully saturated rings. The first-order valence-corrected chi connectivity index (χ1v) is 6.89. The maximum atomic E-state index is 11.6. The van der Waals surface area contributed by atoms with Crippen LogP contribution in [0.1, 0.15) is 25.3 Å². The molecule has 4 heteroatoms. The molecule has 19 heavy (non-hydrogen) atoms. The number of hydrogen-bond acceptors (Lipinski definition) is 2. The molecular weight excluding hydrogens is 240 g/mol. The van der Waals surface area contributed by atoms with Gasteiger partial charge in [0.2, 0.25) is 0 Å². The van der Waals surface area contributed by atoms with Crippen molar-refractivity contribution in [3.05, 3.63) is 29.8 Å². The molecule has 0 heterocycles. The Bertz CT molecular complexity index is 430. The highest BCUT2D eigenvalue weighted by Crippen LogP contribution is 2.32. The summed E-state index contributed by atoms with van der Waals surface area (Å²) in [4.78, 5) is 11.6. The summed E-state index contributed by atoms with van der Waals surface area (Å²) >= 11 is 0. The summed E-state index contributed by atoms with van der Waals surface area (Å²) < 4.78 is 5.56. The molecule has 1 unspecified atom stereocenters. The van der Waals surface area contributed by atoms with Crippen molar-refractivity contribution in [3.8, 4) is 5.75 Å². The van der Waals surface area contributed by atoms with Gasteiger partial charge in [0, 0.05) is 6.04 Å². The highest BCUT2D eigenvalue weighted by molar-refractivity contribution is 5.74. The first kappa shape index (κ1) is 13.7. The van der Waals surface area contributed by atoms with E-state index in [1.165, 1.54) is 18.4 Å². The molecule has 1 atom stereocenters. The number of amides is 2. The van der Waals surface area contributed by atoms with Gasteiger partial charge in [-0.05, 0) is 50.3 Å². The van der Waals surface area contributed by atoms with Crippen LogP contribution in [0.25, 0.3) is 0 Å². The van der Waals surface area contributed by atoms with E-state index in [0.29, 0.717) is 19.1 Å². The molecule has 1 aromatic rings. The zero-order valence-corrected chi connectivity index (χ0v) is 11.6. The third-order valence-corrected chi connectivity index (χ3v) is 3.33. The number of nitrogens with one attached hydrogen (secondary N) is 2. The van der Waals surface area contributed by atoms with Crippen LogP contribution in [0, 0.1) is 12.8 Å². The molecule has 2 amide bonds. The second kappa shape index (κ2) is 6.45. The second-order valence-corrected chi connectivity index (χ2v) is 5.19. The van der Waals surface area contributed by atoms with Crippen molar-refractivity contribution in [2.45, 2.75) is 32.7 Å². The van der Waals surface area contributed by atoms with E-state index in [1.807, 2.05) is 31.2 Å². The van der Waals surface area contributed by atoms with Crippen LogP contribution in [0.4, 0.5) is 4.79 Å². The van der Waals surface area contributed by atoms with E-state index in [-0.39, 0.29) is 12.1 Å². The van der Waals surface area contributed by atoms with Gasteiger partial charge in [0.25, 0.3) is 0 Å². The van der Waals surface area contributed by atoms with Crippen molar-refractivity contribution in [1.29, 1.82) is 0 Å². The number of aryl methyl sites for hydroxylation is 1. The fourth-order valence-electron chi connectivity index (χ4n) is 2.01. The molecule has 1 aliphatic carbocycles. The first-order valence-electron chi connectivity index (χ1n) is 6.89. The van der Waals surface area contributed by atoms with Gasteiger partial charge in [-0.3, -0.25) is 0 Å². The molecular formula is C15H22N2O2. The summed E-state index contributed by atoms with van der Waals surface area (Å²) in [6.45, 7) is 5.07. The third kappa shape index (κ3) is 4.81. The Hall–Kier alpha value is -1.71. The van der Waals surface area contributed by atoms with Gasteiger partial charge in [0.15, 0.2) is 0 Å². The minimum atomic E-state index is -0.104. The average Bonchev–Trinajstić information content (AvgIpc) is 3.19. The quantitative estimate of drug-likeness (QED) is 0.774. The lowest BCUT2D eigenvalue weighted by Crippen LogP contribution is -2.43. The fourth-order valence-corrected chi connectivity index (χ4v) is 2.01. The van der Waals surface area contributed by atoms with Crippen molar-refractivity contribution in [1.82, 2.24) is 10.6 Å². The predicted molar refractivity (Wildman–Crippen MR) is 75.4 cm³/mol. The van der Waals surface area contributed by atoms with Crippen LogP contribution in [-0.2, 0) is 0 Å². The predicted octanol–water partition coefficient (Wildman–Crippen LogP) is 2.47. The van der Waals surface area contributed by atoms with Crippen LogP contribution in [-0.4, -0.2) is 25.2 Å². The molecule has 1 aromatic carbocycles. The molecule has 2 rings (SSSR count). The SMILES string of the molecule is Cc1cccc(OCCNC(=O)NC(C)C2CC2)c1. The number of urea groups is 1. The molecule has 0 aromatic heterocycles. The summed E-state index contributed by atoms with van der Waals surface area (Å²) in [5, 5.41) is 5.75. The fraction of sp³-hybridized carbons (Fsp3) is 0.533. The van der Waals surface area contributed by atoms with E-state index in [1.54, 1.807) is 0 Å². The molecule has 1 saturated carbocycles. The lowest BCUT2D eigenvalue weighted by Gasteiger charge is -2.14.